The first-order valence-corrected chi connectivity index (χ1v) is 3.40. The van der Waals surface area contributed by atoms with E-state index in [1.54, 1.807) is 13.8 Å². The SMILES string of the molecule is CC1(C)OCC(C(=O)Cl)O1. The molecule has 0 N–H and O–H groups in total. The Hall–Kier alpha value is -0.120. The monoisotopic (exact) mass is 164 g/mol. The van der Waals surface area contributed by atoms with E-state index in [0.717, 1.165) is 0 Å². The van der Waals surface area contributed by atoms with Crippen molar-refractivity contribution in [3.63, 3.8) is 0 Å². The molecule has 1 rings (SSSR count). The molecule has 0 amide bonds. The molecular formula is C6H9ClO3. The van der Waals surface area contributed by atoms with Gasteiger partial charge in [-0.2, -0.15) is 0 Å². The van der Waals surface area contributed by atoms with Crippen LogP contribution in [0.15, 0.2) is 0 Å². The normalized spacial score (nSPS) is 30.5. The summed E-state index contributed by atoms with van der Waals surface area (Å²) in [4.78, 5) is 10.5. The van der Waals surface area contributed by atoms with Crippen LogP contribution in [0.4, 0.5) is 0 Å². The van der Waals surface area contributed by atoms with Crippen LogP contribution in [0.5, 0.6) is 0 Å². The van der Waals surface area contributed by atoms with Gasteiger partial charge in [0.15, 0.2) is 11.9 Å². The van der Waals surface area contributed by atoms with Gasteiger partial charge in [0.25, 0.3) is 5.24 Å². The summed E-state index contributed by atoms with van der Waals surface area (Å²) in [5.41, 5.74) is 0. The molecular weight excluding hydrogens is 156 g/mol. The van der Waals surface area contributed by atoms with Crippen molar-refractivity contribution in [2.24, 2.45) is 0 Å². The van der Waals surface area contributed by atoms with E-state index in [4.69, 9.17) is 21.1 Å². The largest absolute Gasteiger partial charge is 0.347 e. The summed E-state index contributed by atoms with van der Waals surface area (Å²) in [5.74, 6) is -0.658. The van der Waals surface area contributed by atoms with E-state index in [1.807, 2.05) is 0 Å². The molecule has 10 heavy (non-hydrogen) atoms. The van der Waals surface area contributed by atoms with E-state index in [9.17, 15) is 4.79 Å². The van der Waals surface area contributed by atoms with Gasteiger partial charge in [0.1, 0.15) is 0 Å². The topological polar surface area (TPSA) is 35.5 Å². The fourth-order valence-electron chi connectivity index (χ4n) is 0.799. The predicted molar refractivity (Wildman–Crippen MR) is 35.8 cm³/mol. The van der Waals surface area contributed by atoms with Gasteiger partial charge in [-0.1, -0.05) is 0 Å². The highest BCUT2D eigenvalue weighted by Crippen LogP contribution is 2.23. The zero-order valence-electron chi connectivity index (χ0n) is 5.89. The molecule has 3 nitrogen and oxygen atoms in total. The van der Waals surface area contributed by atoms with Gasteiger partial charge in [-0.05, 0) is 25.4 Å². The standard InChI is InChI=1S/C6H9ClO3/c1-6(2)9-3-4(10-6)5(7)8/h4H,3H2,1-2H3. The Morgan fingerprint density at radius 3 is 2.50 bits per heavy atom. The summed E-state index contributed by atoms with van der Waals surface area (Å²) in [6, 6.07) is 0. The average Bonchev–Trinajstić information content (AvgIpc) is 2.10. The lowest BCUT2D eigenvalue weighted by Gasteiger charge is -2.15. The van der Waals surface area contributed by atoms with Crippen molar-refractivity contribution in [3.05, 3.63) is 0 Å². The molecule has 0 spiro atoms. The maximum Gasteiger partial charge on any atom is 0.253 e. The average molecular weight is 165 g/mol. The molecule has 0 aliphatic carbocycles. The number of rotatable bonds is 1. The fraction of sp³-hybridized carbons (Fsp3) is 0.833. The minimum Gasteiger partial charge on any atom is -0.347 e. The first-order valence-electron chi connectivity index (χ1n) is 3.02. The molecule has 58 valence electrons. The van der Waals surface area contributed by atoms with Crippen LogP contribution in [0, 0.1) is 0 Å². The van der Waals surface area contributed by atoms with Crippen molar-refractivity contribution in [1.29, 1.82) is 0 Å². The van der Waals surface area contributed by atoms with E-state index in [1.165, 1.54) is 0 Å². The predicted octanol–water partition coefficient (Wildman–Crippen LogP) is 0.903. The molecule has 0 bridgehead atoms. The molecule has 0 saturated carbocycles. The van der Waals surface area contributed by atoms with Gasteiger partial charge >= 0.3 is 0 Å². The highest BCUT2D eigenvalue weighted by atomic mass is 35.5. The third kappa shape index (κ3) is 1.68. The van der Waals surface area contributed by atoms with Gasteiger partial charge in [-0.25, -0.2) is 0 Å². The molecule has 1 saturated heterocycles. The fourth-order valence-corrected chi connectivity index (χ4v) is 0.906. The van der Waals surface area contributed by atoms with Crippen LogP contribution in [0.2, 0.25) is 0 Å². The molecule has 1 aliphatic rings. The van der Waals surface area contributed by atoms with Crippen molar-refractivity contribution in [2.75, 3.05) is 6.61 Å². The smallest absolute Gasteiger partial charge is 0.253 e. The molecule has 1 fully saturated rings. The van der Waals surface area contributed by atoms with Gasteiger partial charge in [0.2, 0.25) is 0 Å². The highest BCUT2D eigenvalue weighted by Gasteiger charge is 2.35. The minimum atomic E-state index is -0.658. The van der Waals surface area contributed by atoms with E-state index >= 15 is 0 Å². The summed E-state index contributed by atoms with van der Waals surface area (Å²) < 4.78 is 10.2. The van der Waals surface area contributed by atoms with E-state index in [0.29, 0.717) is 0 Å². The van der Waals surface area contributed by atoms with Crippen LogP contribution in [0.25, 0.3) is 0 Å². The number of ether oxygens (including phenoxy) is 2. The first-order chi connectivity index (χ1) is 4.51. The number of carbonyl (C=O) groups excluding carboxylic acids is 1. The van der Waals surface area contributed by atoms with Crippen molar-refractivity contribution in [1.82, 2.24) is 0 Å². The van der Waals surface area contributed by atoms with Crippen LogP contribution < -0.4 is 0 Å². The van der Waals surface area contributed by atoms with Gasteiger partial charge in [-0.15, -0.1) is 0 Å². The lowest BCUT2D eigenvalue weighted by molar-refractivity contribution is -0.147. The Kier molecular flexibility index (Phi) is 1.99. The van der Waals surface area contributed by atoms with Crippen molar-refractivity contribution >= 4 is 16.8 Å². The molecule has 1 unspecified atom stereocenters. The molecule has 0 aromatic carbocycles. The lowest BCUT2D eigenvalue weighted by Crippen LogP contribution is -2.24. The quantitative estimate of drug-likeness (QED) is 0.541. The summed E-state index contributed by atoms with van der Waals surface area (Å²) >= 11 is 5.17. The molecule has 4 heteroatoms. The van der Waals surface area contributed by atoms with E-state index < -0.39 is 17.1 Å². The third-order valence-corrected chi connectivity index (χ3v) is 1.50. The lowest BCUT2D eigenvalue weighted by atomic mass is 10.4. The van der Waals surface area contributed by atoms with Gasteiger partial charge < -0.3 is 9.47 Å². The number of halogens is 1. The minimum absolute atomic E-state index is 0.259. The Morgan fingerprint density at radius 2 is 2.30 bits per heavy atom. The summed E-state index contributed by atoms with van der Waals surface area (Å²) in [6.45, 7) is 3.75. The highest BCUT2D eigenvalue weighted by molar-refractivity contribution is 6.64. The second-order valence-electron chi connectivity index (χ2n) is 2.62. The number of carbonyl (C=O) groups is 1. The molecule has 0 radical (unpaired) electrons. The molecule has 1 heterocycles. The first kappa shape index (κ1) is 7.98. The van der Waals surface area contributed by atoms with Crippen molar-refractivity contribution in [3.8, 4) is 0 Å². The molecule has 1 aliphatic heterocycles. The van der Waals surface area contributed by atoms with Crippen molar-refractivity contribution in [2.45, 2.75) is 25.7 Å². The van der Waals surface area contributed by atoms with Crippen LogP contribution in [0.3, 0.4) is 0 Å². The zero-order chi connectivity index (χ0) is 7.78. The molecule has 0 aromatic heterocycles. The van der Waals surface area contributed by atoms with Crippen molar-refractivity contribution < 1.29 is 14.3 Å². The second kappa shape index (κ2) is 2.49. The number of hydrogen-bond acceptors (Lipinski definition) is 3. The van der Waals surface area contributed by atoms with Gasteiger partial charge in [-0.3, -0.25) is 4.79 Å². The molecule has 1 atom stereocenters. The van der Waals surface area contributed by atoms with Crippen LogP contribution in [-0.2, 0) is 14.3 Å². The number of hydrogen-bond donors (Lipinski definition) is 0. The summed E-state index contributed by atoms with van der Waals surface area (Å²) in [5, 5.41) is -0.495. The third-order valence-electron chi connectivity index (χ3n) is 1.26. The Balaban J connectivity index is 2.51. The van der Waals surface area contributed by atoms with Gasteiger partial charge in [0, 0.05) is 0 Å². The van der Waals surface area contributed by atoms with Crippen LogP contribution in [0.1, 0.15) is 13.8 Å². The molecule has 0 aromatic rings. The Labute approximate surface area is 64.3 Å². The van der Waals surface area contributed by atoms with Crippen LogP contribution >= 0.6 is 11.6 Å². The maximum atomic E-state index is 10.5. The zero-order valence-corrected chi connectivity index (χ0v) is 6.64. The van der Waals surface area contributed by atoms with Crippen LogP contribution in [-0.4, -0.2) is 23.7 Å². The maximum absolute atomic E-state index is 10.5. The van der Waals surface area contributed by atoms with Gasteiger partial charge in [0.05, 0.1) is 6.61 Å². The summed E-state index contributed by atoms with van der Waals surface area (Å²) in [6.07, 6.45) is -0.586. The Morgan fingerprint density at radius 1 is 1.70 bits per heavy atom. The summed E-state index contributed by atoms with van der Waals surface area (Å²) in [7, 11) is 0. The second-order valence-corrected chi connectivity index (χ2v) is 2.99. The van der Waals surface area contributed by atoms with E-state index in [2.05, 4.69) is 0 Å². The van der Waals surface area contributed by atoms with E-state index in [-0.39, 0.29) is 6.61 Å². The Bertz CT molecular complexity index is 155.